The summed E-state index contributed by atoms with van der Waals surface area (Å²) in [5.41, 5.74) is -0.776. The van der Waals surface area contributed by atoms with Crippen molar-refractivity contribution in [2.75, 3.05) is 13.2 Å². The molecule has 0 saturated carbocycles. The average molecular weight is 328 g/mol. The number of hydrogen-bond acceptors (Lipinski definition) is 4. The molecule has 8 heteroatoms. The number of esters is 1. The van der Waals surface area contributed by atoms with Gasteiger partial charge in [-0.3, -0.25) is 0 Å². The minimum atomic E-state index is -4.55. The zero-order chi connectivity index (χ0) is 17.2. The lowest BCUT2D eigenvalue weighted by molar-refractivity contribution is -0.137. The van der Waals surface area contributed by atoms with Gasteiger partial charge >= 0.3 is 12.1 Å². The van der Waals surface area contributed by atoms with Crippen LogP contribution in [-0.2, 0) is 15.7 Å². The van der Waals surface area contributed by atoms with E-state index in [0.717, 1.165) is 16.7 Å². The van der Waals surface area contributed by atoms with Crippen LogP contribution in [0.25, 0.3) is 11.4 Å². The third-order valence-corrected chi connectivity index (χ3v) is 2.98. The topological polar surface area (TPSA) is 52.8 Å². The Bertz CT molecular complexity index is 750. The molecule has 2 heterocycles. The first-order valence-corrected chi connectivity index (χ1v) is 6.87. The summed E-state index contributed by atoms with van der Waals surface area (Å²) < 4.78 is 50.2. The maximum absolute atomic E-state index is 13.0. The highest BCUT2D eigenvalue weighted by Crippen LogP contribution is 2.32. The molecule has 0 spiro atoms. The highest BCUT2D eigenvalue weighted by atomic mass is 19.4. The Morgan fingerprint density at radius 2 is 1.91 bits per heavy atom. The van der Waals surface area contributed by atoms with Crippen LogP contribution < -0.4 is 0 Å². The lowest BCUT2D eigenvalue weighted by Crippen LogP contribution is -2.08. The van der Waals surface area contributed by atoms with E-state index in [1.807, 2.05) is 0 Å². The molecule has 0 saturated heterocycles. The van der Waals surface area contributed by atoms with Gasteiger partial charge in [-0.1, -0.05) is 6.58 Å². The summed E-state index contributed by atoms with van der Waals surface area (Å²) in [4.78, 5) is 15.8. The standard InChI is InChI=1S/C15H15F3N2O3/c1-4-22-9(3)11-6-10(15(16,17)18)7-20-8-12(19-13(11)20)14(21)23-5-2/h6-8H,3-5H2,1-2H3. The molecule has 2 aromatic heterocycles. The van der Waals surface area contributed by atoms with Crippen molar-refractivity contribution in [1.29, 1.82) is 0 Å². The van der Waals surface area contributed by atoms with Crippen LogP contribution >= 0.6 is 0 Å². The third-order valence-electron chi connectivity index (χ3n) is 2.98. The van der Waals surface area contributed by atoms with Crippen LogP contribution in [0.3, 0.4) is 0 Å². The molecule has 0 aliphatic heterocycles. The highest BCUT2D eigenvalue weighted by molar-refractivity contribution is 5.88. The monoisotopic (exact) mass is 328 g/mol. The van der Waals surface area contributed by atoms with Crippen LogP contribution in [0.5, 0.6) is 0 Å². The molecule has 0 unspecified atom stereocenters. The quantitative estimate of drug-likeness (QED) is 0.622. The van der Waals surface area contributed by atoms with Gasteiger partial charge in [0.25, 0.3) is 0 Å². The molecule has 0 aliphatic rings. The van der Waals surface area contributed by atoms with E-state index in [0.29, 0.717) is 0 Å². The maximum atomic E-state index is 13.0. The molecule has 5 nitrogen and oxygen atoms in total. The highest BCUT2D eigenvalue weighted by Gasteiger charge is 2.32. The van der Waals surface area contributed by atoms with E-state index in [-0.39, 0.29) is 35.9 Å². The van der Waals surface area contributed by atoms with Crippen molar-refractivity contribution in [2.24, 2.45) is 0 Å². The van der Waals surface area contributed by atoms with E-state index < -0.39 is 17.7 Å². The molecule has 0 fully saturated rings. The van der Waals surface area contributed by atoms with Crippen LogP contribution in [-0.4, -0.2) is 28.6 Å². The van der Waals surface area contributed by atoms with Crippen molar-refractivity contribution >= 4 is 17.4 Å². The number of alkyl halides is 3. The van der Waals surface area contributed by atoms with Crippen molar-refractivity contribution in [3.05, 3.63) is 41.9 Å². The lowest BCUT2D eigenvalue weighted by atomic mass is 10.1. The number of rotatable bonds is 5. The van der Waals surface area contributed by atoms with Gasteiger partial charge in [-0.2, -0.15) is 13.2 Å². The number of ether oxygens (including phenoxy) is 2. The summed E-state index contributed by atoms with van der Waals surface area (Å²) in [5, 5.41) is 0. The summed E-state index contributed by atoms with van der Waals surface area (Å²) in [5.74, 6) is -0.665. The fourth-order valence-corrected chi connectivity index (χ4v) is 2.01. The number of hydrogen-bond donors (Lipinski definition) is 0. The summed E-state index contributed by atoms with van der Waals surface area (Å²) in [6, 6.07) is 0.898. The van der Waals surface area contributed by atoms with E-state index in [1.165, 1.54) is 6.20 Å². The van der Waals surface area contributed by atoms with E-state index in [2.05, 4.69) is 11.6 Å². The van der Waals surface area contributed by atoms with Crippen molar-refractivity contribution in [3.63, 3.8) is 0 Å². The molecular weight excluding hydrogens is 313 g/mol. The Hall–Kier alpha value is -2.51. The fraction of sp³-hybridized carbons (Fsp3) is 0.333. The molecule has 2 aromatic rings. The molecule has 124 valence electrons. The molecule has 2 rings (SSSR count). The van der Waals surface area contributed by atoms with Gasteiger partial charge in [-0.25, -0.2) is 9.78 Å². The summed E-state index contributed by atoms with van der Waals surface area (Å²) in [6.07, 6.45) is -2.51. The lowest BCUT2D eigenvalue weighted by Gasteiger charge is -2.12. The van der Waals surface area contributed by atoms with Crippen LogP contribution in [0, 0.1) is 0 Å². The molecule has 0 N–H and O–H groups in total. The van der Waals surface area contributed by atoms with E-state index >= 15 is 0 Å². The Morgan fingerprint density at radius 1 is 1.26 bits per heavy atom. The average Bonchev–Trinajstić information content (AvgIpc) is 2.89. The molecule has 0 atom stereocenters. The molecule has 0 radical (unpaired) electrons. The largest absolute Gasteiger partial charge is 0.494 e. The third kappa shape index (κ3) is 3.46. The van der Waals surface area contributed by atoms with Gasteiger partial charge in [0.05, 0.1) is 24.3 Å². The molecule has 0 bridgehead atoms. The summed E-state index contributed by atoms with van der Waals surface area (Å²) in [7, 11) is 0. The second-order valence-corrected chi connectivity index (χ2v) is 4.57. The van der Waals surface area contributed by atoms with Crippen LogP contribution in [0.1, 0.15) is 35.5 Å². The molecule has 0 aromatic carbocycles. The maximum Gasteiger partial charge on any atom is 0.417 e. The number of fused-ring (bicyclic) bond motifs is 1. The van der Waals surface area contributed by atoms with Crippen molar-refractivity contribution < 1.29 is 27.4 Å². The van der Waals surface area contributed by atoms with Gasteiger partial charge in [0.15, 0.2) is 5.69 Å². The number of carbonyl (C=O) groups excluding carboxylic acids is 1. The van der Waals surface area contributed by atoms with Crippen LogP contribution in [0.4, 0.5) is 13.2 Å². The number of aromatic nitrogens is 2. The fourth-order valence-electron chi connectivity index (χ4n) is 2.01. The second kappa shape index (κ2) is 6.31. The van der Waals surface area contributed by atoms with Gasteiger partial charge < -0.3 is 13.9 Å². The number of halogens is 3. The van der Waals surface area contributed by atoms with Gasteiger partial charge in [0.2, 0.25) is 0 Å². The van der Waals surface area contributed by atoms with Crippen LogP contribution in [0.15, 0.2) is 25.0 Å². The minimum Gasteiger partial charge on any atom is -0.494 e. The Labute approximate surface area is 130 Å². The van der Waals surface area contributed by atoms with E-state index in [9.17, 15) is 18.0 Å². The predicted octanol–water partition coefficient (Wildman–Crippen LogP) is 3.54. The first-order chi connectivity index (χ1) is 10.8. The Kier molecular flexibility index (Phi) is 4.63. The smallest absolute Gasteiger partial charge is 0.417 e. The molecule has 23 heavy (non-hydrogen) atoms. The first kappa shape index (κ1) is 16.9. The summed E-state index contributed by atoms with van der Waals surface area (Å²) >= 11 is 0. The Balaban J connectivity index is 2.64. The van der Waals surface area contributed by atoms with Gasteiger partial charge in [0, 0.05) is 12.4 Å². The zero-order valence-electron chi connectivity index (χ0n) is 12.6. The van der Waals surface area contributed by atoms with Crippen molar-refractivity contribution in [1.82, 2.24) is 9.38 Å². The number of carbonyl (C=O) groups is 1. The second-order valence-electron chi connectivity index (χ2n) is 4.57. The normalized spacial score (nSPS) is 11.5. The first-order valence-electron chi connectivity index (χ1n) is 6.87. The van der Waals surface area contributed by atoms with Crippen molar-refractivity contribution in [3.8, 4) is 0 Å². The van der Waals surface area contributed by atoms with Gasteiger partial charge in [-0.15, -0.1) is 0 Å². The minimum absolute atomic E-state index is 0.0459. The van der Waals surface area contributed by atoms with Crippen molar-refractivity contribution in [2.45, 2.75) is 20.0 Å². The van der Waals surface area contributed by atoms with Gasteiger partial charge in [-0.05, 0) is 19.9 Å². The van der Waals surface area contributed by atoms with Crippen LogP contribution in [0.2, 0.25) is 0 Å². The molecule has 0 amide bonds. The Morgan fingerprint density at radius 3 is 2.48 bits per heavy atom. The SMILES string of the molecule is C=C(OCC)c1cc(C(F)(F)F)cn2cc(C(=O)OCC)nc12. The number of pyridine rings is 1. The van der Waals surface area contributed by atoms with E-state index in [1.54, 1.807) is 13.8 Å². The molecular formula is C15H15F3N2O3. The van der Waals surface area contributed by atoms with E-state index in [4.69, 9.17) is 9.47 Å². The predicted molar refractivity (Wildman–Crippen MR) is 76.8 cm³/mol. The summed E-state index contributed by atoms with van der Waals surface area (Å²) in [6.45, 7) is 7.31. The number of imidazole rings is 1. The number of nitrogens with zero attached hydrogens (tertiary/aromatic N) is 2. The van der Waals surface area contributed by atoms with Gasteiger partial charge in [0.1, 0.15) is 11.4 Å². The molecule has 0 aliphatic carbocycles. The zero-order valence-corrected chi connectivity index (χ0v) is 12.6.